The lowest BCUT2D eigenvalue weighted by atomic mass is 9.98. The quantitative estimate of drug-likeness (QED) is 0.769. The first-order valence-electron chi connectivity index (χ1n) is 7.68. The van der Waals surface area contributed by atoms with Crippen molar-refractivity contribution in [3.63, 3.8) is 0 Å². The summed E-state index contributed by atoms with van der Waals surface area (Å²) in [7, 11) is -2.22. The molecule has 0 saturated carbocycles. The third kappa shape index (κ3) is 4.74. The molecule has 0 amide bonds. The van der Waals surface area contributed by atoms with Crippen molar-refractivity contribution in [2.24, 2.45) is 5.92 Å². The Morgan fingerprint density at radius 3 is 1.77 bits per heavy atom. The van der Waals surface area contributed by atoms with E-state index in [1.54, 1.807) is 0 Å². The number of hydrogen-bond acceptors (Lipinski definition) is 1. The Labute approximate surface area is 133 Å². The number of benzene rings is 2. The predicted molar refractivity (Wildman–Crippen MR) is 89.7 cm³/mol. The van der Waals surface area contributed by atoms with Crippen LogP contribution in [0.4, 0.5) is 0 Å². The Bertz CT molecular complexity index is 547. The second-order valence-corrected chi connectivity index (χ2v) is 7.26. The topological polar surface area (TPSA) is 53.9 Å². The molecule has 0 radical (unpaired) electrons. The molecule has 0 aromatic heterocycles. The van der Waals surface area contributed by atoms with E-state index < -0.39 is 8.03 Å². The van der Waals surface area contributed by atoms with Gasteiger partial charge < -0.3 is 0 Å². The molecule has 3 nitrogen and oxygen atoms in total. The normalized spacial score (nSPS) is 13.4. The monoisotopic (exact) mass is 317 g/mol. The third-order valence-electron chi connectivity index (χ3n) is 3.73. The van der Waals surface area contributed by atoms with Gasteiger partial charge in [-0.25, -0.2) is 0 Å². The summed E-state index contributed by atoms with van der Waals surface area (Å²) in [5.41, 5.74) is 2.30. The van der Waals surface area contributed by atoms with E-state index in [1.165, 1.54) is 0 Å². The van der Waals surface area contributed by atoms with Crippen LogP contribution in [-0.4, -0.2) is 10.7 Å². The summed E-state index contributed by atoms with van der Waals surface area (Å²) in [6, 6.07) is 20.4. The third-order valence-corrected chi connectivity index (χ3v) is 4.68. The molecule has 0 spiro atoms. The summed E-state index contributed by atoms with van der Waals surface area (Å²) in [4.78, 5) is 9.68. The minimum atomic E-state index is -2.22. The van der Waals surface area contributed by atoms with Crippen LogP contribution in [0.2, 0.25) is 0 Å². The fourth-order valence-corrected chi connectivity index (χ4v) is 3.60. The van der Waals surface area contributed by atoms with Gasteiger partial charge in [0, 0.05) is 11.1 Å². The van der Waals surface area contributed by atoms with Gasteiger partial charge in [0.15, 0.2) is 0 Å². The molecular formula is C18H24NO2P+2. The van der Waals surface area contributed by atoms with Crippen LogP contribution in [0.1, 0.15) is 37.4 Å². The summed E-state index contributed by atoms with van der Waals surface area (Å²) >= 11 is 0. The minimum absolute atomic E-state index is 0.0391. The van der Waals surface area contributed by atoms with Gasteiger partial charge in [-0.05, 0) is 10.5 Å². The lowest BCUT2D eigenvalue weighted by Gasteiger charge is -2.18. The first-order valence-corrected chi connectivity index (χ1v) is 8.96. The van der Waals surface area contributed by atoms with Gasteiger partial charge in [0.2, 0.25) is 0 Å². The van der Waals surface area contributed by atoms with E-state index in [0.29, 0.717) is 5.92 Å². The minimum Gasteiger partial charge on any atom is -0.291 e. The molecule has 4 heteroatoms. The zero-order valence-corrected chi connectivity index (χ0v) is 14.0. The van der Waals surface area contributed by atoms with Crippen molar-refractivity contribution < 1.29 is 14.8 Å². The van der Waals surface area contributed by atoms with Gasteiger partial charge in [0.05, 0.1) is 6.42 Å². The zero-order valence-electron chi connectivity index (χ0n) is 13.1. The molecule has 2 aromatic rings. The first-order chi connectivity index (χ1) is 10.6. The van der Waals surface area contributed by atoms with Crippen molar-refractivity contribution in [2.75, 3.05) is 0 Å². The molecule has 3 N–H and O–H groups in total. The maximum atomic E-state index is 11.7. The van der Waals surface area contributed by atoms with Crippen LogP contribution < -0.4 is 5.32 Å². The number of nitrogens with two attached hydrogens (primary N) is 1. The molecule has 0 saturated heterocycles. The Morgan fingerprint density at radius 1 is 0.955 bits per heavy atom. The molecule has 0 aliphatic rings. The van der Waals surface area contributed by atoms with Crippen LogP contribution in [0.5, 0.6) is 0 Å². The van der Waals surface area contributed by atoms with Gasteiger partial charge in [0.1, 0.15) is 6.04 Å². The van der Waals surface area contributed by atoms with Crippen molar-refractivity contribution in [3.8, 4) is 0 Å². The van der Waals surface area contributed by atoms with Crippen LogP contribution >= 0.6 is 8.03 Å². The summed E-state index contributed by atoms with van der Waals surface area (Å²) in [6.45, 7) is 4.17. The molecule has 0 heterocycles. The van der Waals surface area contributed by atoms with E-state index in [1.807, 2.05) is 41.7 Å². The Kier molecular flexibility index (Phi) is 6.26. The van der Waals surface area contributed by atoms with Gasteiger partial charge >= 0.3 is 13.8 Å². The lowest BCUT2D eigenvalue weighted by molar-refractivity contribution is -0.702. The molecule has 0 aliphatic carbocycles. The maximum absolute atomic E-state index is 11.7. The number of hydrogen-bond donors (Lipinski definition) is 2. The van der Waals surface area contributed by atoms with Gasteiger partial charge in [-0.3, -0.25) is 5.32 Å². The molecule has 116 valence electrons. The lowest BCUT2D eigenvalue weighted by Crippen LogP contribution is -2.90. The highest BCUT2D eigenvalue weighted by molar-refractivity contribution is 7.38. The fraction of sp³-hybridized carbons (Fsp3) is 0.333. The Hall–Kier alpha value is -1.54. The summed E-state index contributed by atoms with van der Waals surface area (Å²) in [5.74, 6) is 0.0972. The first kappa shape index (κ1) is 16.8. The fourth-order valence-electron chi connectivity index (χ4n) is 2.68. The van der Waals surface area contributed by atoms with Gasteiger partial charge in [-0.15, -0.1) is 0 Å². The second kappa shape index (κ2) is 8.19. The average Bonchev–Trinajstić information content (AvgIpc) is 2.52. The average molecular weight is 317 g/mol. The van der Waals surface area contributed by atoms with E-state index in [-0.39, 0.29) is 11.8 Å². The van der Waals surface area contributed by atoms with Gasteiger partial charge in [-0.1, -0.05) is 74.5 Å². The molecule has 22 heavy (non-hydrogen) atoms. The van der Waals surface area contributed by atoms with Crippen molar-refractivity contribution in [1.29, 1.82) is 0 Å². The van der Waals surface area contributed by atoms with Gasteiger partial charge in [-0.2, -0.15) is 4.89 Å². The van der Waals surface area contributed by atoms with Crippen molar-refractivity contribution in [2.45, 2.75) is 32.1 Å². The maximum Gasteiger partial charge on any atom is 0.569 e. The summed E-state index contributed by atoms with van der Waals surface area (Å²) < 4.78 is 11.7. The molecule has 1 unspecified atom stereocenters. The molecule has 0 aliphatic heterocycles. The van der Waals surface area contributed by atoms with Crippen LogP contribution in [0.15, 0.2) is 60.7 Å². The number of rotatable bonds is 7. The highest BCUT2D eigenvalue weighted by atomic mass is 31.1. The molecule has 2 atom stereocenters. The molecule has 0 bridgehead atoms. The Balaban J connectivity index is 2.30. The SMILES string of the molecule is CC(C)C[C@@H]([NH2+]C(c1ccccc1)c1ccccc1)[P+](=O)O. The molecule has 2 aromatic carbocycles. The van der Waals surface area contributed by atoms with Crippen molar-refractivity contribution >= 4 is 8.03 Å². The Morgan fingerprint density at radius 2 is 1.41 bits per heavy atom. The van der Waals surface area contributed by atoms with Crippen LogP contribution in [0.3, 0.4) is 0 Å². The van der Waals surface area contributed by atoms with Crippen LogP contribution in [0, 0.1) is 5.92 Å². The van der Waals surface area contributed by atoms with E-state index in [9.17, 15) is 9.46 Å². The van der Waals surface area contributed by atoms with E-state index >= 15 is 0 Å². The standard InChI is InChI=1S/C18H22NO2P/c1-14(2)13-17(22(20)21)19-18(15-9-5-3-6-10-15)16-11-7-4-8-12-16/h3-12,14,17-19H,13H2,1-2H3/p+2/t17-/m0/s1. The smallest absolute Gasteiger partial charge is 0.291 e. The second-order valence-electron chi connectivity index (χ2n) is 5.99. The van der Waals surface area contributed by atoms with Gasteiger partial charge in [0.25, 0.3) is 0 Å². The molecule has 2 rings (SSSR count). The van der Waals surface area contributed by atoms with Crippen LogP contribution in [0.25, 0.3) is 0 Å². The summed E-state index contributed by atoms with van der Waals surface area (Å²) in [5, 5.41) is 2.05. The van der Waals surface area contributed by atoms with Crippen molar-refractivity contribution in [1.82, 2.24) is 0 Å². The highest BCUT2D eigenvalue weighted by Gasteiger charge is 2.36. The van der Waals surface area contributed by atoms with Crippen LogP contribution in [-0.2, 0) is 4.57 Å². The molecular weight excluding hydrogens is 293 g/mol. The van der Waals surface area contributed by atoms with E-state index in [4.69, 9.17) is 0 Å². The molecule has 0 fully saturated rings. The summed E-state index contributed by atoms with van der Waals surface area (Å²) in [6.07, 6.45) is 0.724. The van der Waals surface area contributed by atoms with E-state index in [2.05, 4.69) is 38.1 Å². The largest absolute Gasteiger partial charge is 0.569 e. The predicted octanol–water partition coefficient (Wildman–Crippen LogP) is 3.45. The zero-order chi connectivity index (χ0) is 15.9. The number of quaternary nitrogens is 1. The van der Waals surface area contributed by atoms with E-state index in [0.717, 1.165) is 17.5 Å². The highest BCUT2D eigenvalue weighted by Crippen LogP contribution is 2.26. The van der Waals surface area contributed by atoms with Crippen molar-refractivity contribution in [3.05, 3.63) is 71.8 Å².